The van der Waals surface area contributed by atoms with E-state index in [2.05, 4.69) is 26.0 Å². The lowest BCUT2D eigenvalue weighted by molar-refractivity contribution is -0.143. The number of aliphatic carboxylic acids is 1. The molecule has 1 amide bonds. The zero-order chi connectivity index (χ0) is 15.4. The van der Waals surface area contributed by atoms with E-state index in [1.54, 1.807) is 17.1 Å². The van der Waals surface area contributed by atoms with Gasteiger partial charge >= 0.3 is 5.97 Å². The molecule has 0 atom stereocenters. The molecule has 1 aromatic carbocycles. The SMILES string of the molecule is CC(C)c1ccc(C=CC(=O)N2CC(CC(=O)O)C2)cc1. The van der Waals surface area contributed by atoms with Gasteiger partial charge in [0, 0.05) is 25.1 Å². The van der Waals surface area contributed by atoms with Crippen molar-refractivity contribution in [3.63, 3.8) is 0 Å². The van der Waals surface area contributed by atoms with Crippen molar-refractivity contribution >= 4 is 18.0 Å². The Morgan fingerprint density at radius 3 is 2.43 bits per heavy atom. The third kappa shape index (κ3) is 4.18. The molecule has 0 aliphatic carbocycles. The van der Waals surface area contributed by atoms with Crippen molar-refractivity contribution in [2.24, 2.45) is 5.92 Å². The second kappa shape index (κ2) is 6.57. The fourth-order valence-electron chi connectivity index (χ4n) is 2.39. The van der Waals surface area contributed by atoms with Crippen molar-refractivity contribution in [1.82, 2.24) is 4.90 Å². The van der Waals surface area contributed by atoms with Gasteiger partial charge in [0.15, 0.2) is 0 Å². The van der Waals surface area contributed by atoms with Crippen LogP contribution in [-0.2, 0) is 9.59 Å². The van der Waals surface area contributed by atoms with Crippen LogP contribution in [-0.4, -0.2) is 35.0 Å². The highest BCUT2D eigenvalue weighted by molar-refractivity contribution is 5.92. The summed E-state index contributed by atoms with van der Waals surface area (Å²) in [7, 11) is 0. The van der Waals surface area contributed by atoms with E-state index in [1.807, 2.05) is 12.1 Å². The number of hydrogen-bond donors (Lipinski definition) is 1. The Hall–Kier alpha value is -2.10. The summed E-state index contributed by atoms with van der Waals surface area (Å²) in [6, 6.07) is 8.15. The van der Waals surface area contributed by atoms with Gasteiger partial charge in [0.1, 0.15) is 0 Å². The summed E-state index contributed by atoms with van der Waals surface area (Å²) in [4.78, 5) is 24.1. The summed E-state index contributed by atoms with van der Waals surface area (Å²) < 4.78 is 0. The molecule has 0 spiro atoms. The molecule has 1 aliphatic rings. The Balaban J connectivity index is 1.84. The van der Waals surface area contributed by atoms with E-state index >= 15 is 0 Å². The Bertz CT molecular complexity index is 540. The summed E-state index contributed by atoms with van der Waals surface area (Å²) in [5.41, 5.74) is 2.27. The number of likely N-dealkylation sites (tertiary alicyclic amines) is 1. The van der Waals surface area contributed by atoms with Crippen LogP contribution in [0.4, 0.5) is 0 Å². The highest BCUT2D eigenvalue weighted by Gasteiger charge is 2.30. The van der Waals surface area contributed by atoms with Gasteiger partial charge in [-0.25, -0.2) is 0 Å². The third-order valence-electron chi connectivity index (χ3n) is 3.75. The van der Waals surface area contributed by atoms with Gasteiger partial charge in [-0.15, -0.1) is 0 Å². The molecule has 0 saturated carbocycles. The number of rotatable bonds is 5. The van der Waals surface area contributed by atoms with Crippen LogP contribution in [0, 0.1) is 5.92 Å². The van der Waals surface area contributed by atoms with Gasteiger partial charge in [-0.2, -0.15) is 0 Å². The summed E-state index contributed by atoms with van der Waals surface area (Å²) in [6.07, 6.45) is 3.50. The second-order valence-corrected chi connectivity index (χ2v) is 5.86. The van der Waals surface area contributed by atoms with E-state index in [0.717, 1.165) is 5.56 Å². The number of amides is 1. The van der Waals surface area contributed by atoms with Crippen LogP contribution in [0.2, 0.25) is 0 Å². The Morgan fingerprint density at radius 2 is 1.90 bits per heavy atom. The van der Waals surface area contributed by atoms with Crippen molar-refractivity contribution in [2.75, 3.05) is 13.1 Å². The molecule has 1 aliphatic heterocycles. The first-order chi connectivity index (χ1) is 9.95. The minimum Gasteiger partial charge on any atom is -0.481 e. The Morgan fingerprint density at radius 1 is 1.29 bits per heavy atom. The lowest BCUT2D eigenvalue weighted by Gasteiger charge is -2.37. The third-order valence-corrected chi connectivity index (χ3v) is 3.75. The fraction of sp³-hybridized carbons (Fsp3) is 0.412. The first kappa shape index (κ1) is 15.3. The lowest BCUT2D eigenvalue weighted by atomic mass is 9.96. The number of carboxylic acid groups (broad SMARTS) is 1. The Labute approximate surface area is 125 Å². The predicted molar refractivity (Wildman–Crippen MR) is 81.9 cm³/mol. The van der Waals surface area contributed by atoms with E-state index in [1.165, 1.54) is 5.56 Å². The molecular formula is C17H21NO3. The standard InChI is InChI=1S/C17H21NO3/c1-12(2)15-6-3-13(4-7-15)5-8-16(19)18-10-14(11-18)9-17(20)21/h3-8,12,14H,9-11H2,1-2H3,(H,20,21). The largest absolute Gasteiger partial charge is 0.481 e. The molecule has 4 nitrogen and oxygen atoms in total. The van der Waals surface area contributed by atoms with Gasteiger partial charge < -0.3 is 10.0 Å². The zero-order valence-electron chi connectivity index (χ0n) is 12.5. The maximum Gasteiger partial charge on any atom is 0.303 e. The maximum absolute atomic E-state index is 11.9. The van der Waals surface area contributed by atoms with Crippen LogP contribution in [0.15, 0.2) is 30.3 Å². The van der Waals surface area contributed by atoms with E-state index in [-0.39, 0.29) is 18.2 Å². The van der Waals surface area contributed by atoms with Gasteiger partial charge in [0.05, 0.1) is 6.42 Å². The first-order valence-electron chi connectivity index (χ1n) is 7.24. The monoisotopic (exact) mass is 287 g/mol. The van der Waals surface area contributed by atoms with Crippen LogP contribution in [0.3, 0.4) is 0 Å². The molecule has 4 heteroatoms. The Kier molecular flexibility index (Phi) is 4.78. The number of carboxylic acids is 1. The summed E-state index contributed by atoms with van der Waals surface area (Å²) in [6.45, 7) is 5.38. The number of benzene rings is 1. The molecular weight excluding hydrogens is 266 g/mol. The van der Waals surface area contributed by atoms with Gasteiger partial charge in [0.25, 0.3) is 0 Å². The molecule has 2 rings (SSSR count). The predicted octanol–water partition coefficient (Wildman–Crippen LogP) is 2.76. The van der Waals surface area contributed by atoms with E-state index in [4.69, 9.17) is 5.11 Å². The van der Waals surface area contributed by atoms with Gasteiger partial charge in [-0.1, -0.05) is 38.1 Å². The van der Waals surface area contributed by atoms with Gasteiger partial charge in [0.2, 0.25) is 5.91 Å². The molecule has 1 saturated heterocycles. The van der Waals surface area contributed by atoms with Crippen LogP contribution in [0.1, 0.15) is 37.3 Å². The van der Waals surface area contributed by atoms with Gasteiger partial charge in [-0.05, 0) is 23.1 Å². The maximum atomic E-state index is 11.9. The number of carbonyl (C=O) groups excluding carboxylic acids is 1. The summed E-state index contributed by atoms with van der Waals surface area (Å²) in [5.74, 6) is -0.250. The minimum absolute atomic E-state index is 0.0513. The second-order valence-electron chi connectivity index (χ2n) is 5.86. The minimum atomic E-state index is -0.798. The molecule has 0 aromatic heterocycles. The molecule has 1 heterocycles. The molecule has 1 aromatic rings. The molecule has 0 unspecified atom stereocenters. The molecule has 112 valence electrons. The van der Waals surface area contributed by atoms with Crippen molar-refractivity contribution in [1.29, 1.82) is 0 Å². The summed E-state index contributed by atoms with van der Waals surface area (Å²) >= 11 is 0. The first-order valence-corrected chi connectivity index (χ1v) is 7.24. The lowest BCUT2D eigenvalue weighted by Crippen LogP contribution is -2.49. The number of hydrogen-bond acceptors (Lipinski definition) is 2. The van der Waals surface area contributed by atoms with Crippen LogP contribution >= 0.6 is 0 Å². The molecule has 21 heavy (non-hydrogen) atoms. The highest BCUT2D eigenvalue weighted by Crippen LogP contribution is 2.20. The molecule has 0 bridgehead atoms. The van der Waals surface area contributed by atoms with E-state index in [9.17, 15) is 9.59 Å². The molecule has 1 fully saturated rings. The summed E-state index contributed by atoms with van der Waals surface area (Å²) in [5, 5.41) is 8.67. The van der Waals surface area contributed by atoms with Crippen LogP contribution in [0.25, 0.3) is 6.08 Å². The average molecular weight is 287 g/mol. The van der Waals surface area contributed by atoms with E-state index in [0.29, 0.717) is 19.0 Å². The normalized spacial score (nSPS) is 15.5. The topological polar surface area (TPSA) is 57.6 Å². The highest BCUT2D eigenvalue weighted by atomic mass is 16.4. The van der Waals surface area contributed by atoms with Crippen molar-refractivity contribution in [3.05, 3.63) is 41.5 Å². The smallest absolute Gasteiger partial charge is 0.303 e. The van der Waals surface area contributed by atoms with E-state index < -0.39 is 5.97 Å². The average Bonchev–Trinajstić information content (AvgIpc) is 2.40. The van der Waals surface area contributed by atoms with Crippen LogP contribution < -0.4 is 0 Å². The van der Waals surface area contributed by atoms with Crippen LogP contribution in [0.5, 0.6) is 0 Å². The van der Waals surface area contributed by atoms with Crippen molar-refractivity contribution < 1.29 is 14.7 Å². The molecule has 1 N–H and O–H groups in total. The number of carbonyl (C=O) groups is 2. The zero-order valence-corrected chi connectivity index (χ0v) is 12.5. The molecule has 0 radical (unpaired) electrons. The quantitative estimate of drug-likeness (QED) is 0.847. The van der Waals surface area contributed by atoms with Crippen molar-refractivity contribution in [3.8, 4) is 0 Å². The van der Waals surface area contributed by atoms with Gasteiger partial charge in [-0.3, -0.25) is 9.59 Å². The fourth-order valence-corrected chi connectivity index (χ4v) is 2.39. The van der Waals surface area contributed by atoms with Crippen molar-refractivity contribution in [2.45, 2.75) is 26.2 Å². The number of nitrogens with zero attached hydrogens (tertiary/aromatic N) is 1.